The molecule has 34 heavy (non-hydrogen) atoms. The van der Waals surface area contributed by atoms with Gasteiger partial charge in [-0.05, 0) is 106 Å². The van der Waals surface area contributed by atoms with Gasteiger partial charge in [-0.25, -0.2) is 0 Å². The number of fused-ring (bicyclic) bond motifs is 2. The van der Waals surface area contributed by atoms with Crippen molar-refractivity contribution < 1.29 is 18.9 Å². The molecule has 0 heterocycles. The summed E-state index contributed by atoms with van der Waals surface area (Å²) in [5.41, 5.74) is -1.84. The molecule has 0 bridgehead atoms. The molecular weight excluding hydrogens is 424 g/mol. The van der Waals surface area contributed by atoms with Crippen molar-refractivity contribution in [3.63, 3.8) is 0 Å². The zero-order valence-electron chi connectivity index (χ0n) is 23.1. The fraction of sp³-hybridized carbons (Fsp3) is 0.533. The van der Waals surface area contributed by atoms with E-state index in [9.17, 15) is 0 Å². The Morgan fingerprint density at radius 2 is 0.676 bits per heavy atom. The van der Waals surface area contributed by atoms with Gasteiger partial charge >= 0.3 is 0 Å². The summed E-state index contributed by atoms with van der Waals surface area (Å²) in [4.78, 5) is 0. The predicted molar refractivity (Wildman–Crippen MR) is 143 cm³/mol. The molecule has 0 aromatic heterocycles. The topological polar surface area (TPSA) is 36.9 Å². The second-order valence-corrected chi connectivity index (χ2v) is 12.9. The van der Waals surface area contributed by atoms with E-state index in [-0.39, 0.29) is 0 Å². The predicted octanol–water partition coefficient (Wildman–Crippen LogP) is 8.70. The van der Waals surface area contributed by atoms with Crippen LogP contribution in [0.5, 0.6) is 23.0 Å². The van der Waals surface area contributed by atoms with Crippen LogP contribution in [0.4, 0.5) is 0 Å². The number of benzene rings is 3. The fourth-order valence-corrected chi connectivity index (χ4v) is 3.68. The first-order chi connectivity index (χ1) is 15.3. The van der Waals surface area contributed by atoms with Crippen LogP contribution in [0.3, 0.4) is 0 Å². The van der Waals surface area contributed by atoms with E-state index in [1.165, 1.54) is 0 Å². The standard InChI is InChI=1S/C30H42O4/c1-27(2,3)31-23-21-17-19-15-13-14-16-20(19)18-22(21)24(32-28(4,5)6)26(34-30(10,11)12)25(23)33-29(7,8)9/h13-18H,1-12H3. The molecule has 3 aromatic rings. The van der Waals surface area contributed by atoms with Gasteiger partial charge in [0.05, 0.1) is 0 Å². The van der Waals surface area contributed by atoms with E-state index in [0.717, 1.165) is 21.5 Å². The summed E-state index contributed by atoms with van der Waals surface area (Å²) < 4.78 is 26.4. The molecule has 4 heteroatoms. The Balaban J connectivity index is 2.57. The molecule has 0 saturated heterocycles. The molecule has 0 aliphatic heterocycles. The first-order valence-electron chi connectivity index (χ1n) is 12.1. The van der Waals surface area contributed by atoms with Gasteiger partial charge in [0.1, 0.15) is 22.4 Å². The van der Waals surface area contributed by atoms with E-state index < -0.39 is 22.4 Å². The van der Waals surface area contributed by atoms with Crippen molar-refractivity contribution in [2.24, 2.45) is 0 Å². The summed E-state index contributed by atoms with van der Waals surface area (Å²) in [6.07, 6.45) is 0. The highest BCUT2D eigenvalue weighted by atomic mass is 16.6. The summed E-state index contributed by atoms with van der Waals surface area (Å²) in [5, 5.41) is 4.13. The Bertz CT molecular complexity index is 1090. The van der Waals surface area contributed by atoms with Gasteiger partial charge in [0.25, 0.3) is 0 Å². The number of rotatable bonds is 4. The molecule has 0 aliphatic carbocycles. The molecule has 0 unspecified atom stereocenters. The van der Waals surface area contributed by atoms with Crippen LogP contribution in [0.2, 0.25) is 0 Å². The highest BCUT2D eigenvalue weighted by Crippen LogP contribution is 2.55. The molecule has 0 amide bonds. The zero-order chi connectivity index (χ0) is 25.7. The number of hydrogen-bond acceptors (Lipinski definition) is 4. The van der Waals surface area contributed by atoms with Gasteiger partial charge in [-0.1, -0.05) is 24.3 Å². The smallest absolute Gasteiger partial charge is 0.208 e. The monoisotopic (exact) mass is 466 g/mol. The second-order valence-electron chi connectivity index (χ2n) is 12.9. The van der Waals surface area contributed by atoms with Crippen molar-refractivity contribution in [1.29, 1.82) is 0 Å². The van der Waals surface area contributed by atoms with Crippen molar-refractivity contribution in [3.8, 4) is 23.0 Å². The van der Waals surface area contributed by atoms with E-state index >= 15 is 0 Å². The summed E-state index contributed by atoms with van der Waals surface area (Å²) >= 11 is 0. The lowest BCUT2D eigenvalue weighted by atomic mass is 9.99. The quantitative estimate of drug-likeness (QED) is 0.360. The molecule has 3 rings (SSSR count). The Labute approximate surface area is 205 Å². The van der Waals surface area contributed by atoms with Gasteiger partial charge in [-0.15, -0.1) is 0 Å². The summed E-state index contributed by atoms with van der Waals surface area (Å²) in [5.74, 6) is 2.48. The third-order valence-corrected chi connectivity index (χ3v) is 4.63. The van der Waals surface area contributed by atoms with E-state index in [0.29, 0.717) is 23.0 Å². The van der Waals surface area contributed by atoms with Crippen molar-refractivity contribution in [3.05, 3.63) is 36.4 Å². The highest BCUT2D eigenvalue weighted by Gasteiger charge is 2.33. The normalized spacial score (nSPS) is 13.3. The van der Waals surface area contributed by atoms with Crippen molar-refractivity contribution >= 4 is 21.5 Å². The lowest BCUT2D eigenvalue weighted by Crippen LogP contribution is -2.30. The second kappa shape index (κ2) is 8.55. The Morgan fingerprint density at radius 1 is 0.412 bits per heavy atom. The maximum absolute atomic E-state index is 6.62. The van der Waals surface area contributed by atoms with Gasteiger partial charge in [-0.3, -0.25) is 0 Å². The largest absolute Gasteiger partial charge is 0.483 e. The molecular formula is C30H42O4. The van der Waals surface area contributed by atoms with Crippen molar-refractivity contribution in [2.45, 2.75) is 105 Å². The lowest BCUT2D eigenvalue weighted by Gasteiger charge is -2.34. The highest BCUT2D eigenvalue weighted by molar-refractivity contribution is 6.06. The minimum atomic E-state index is -0.477. The minimum Gasteiger partial charge on any atom is -0.483 e. The Kier molecular flexibility index (Phi) is 6.54. The van der Waals surface area contributed by atoms with Gasteiger partial charge in [0, 0.05) is 10.8 Å². The van der Waals surface area contributed by atoms with Gasteiger partial charge in [0.2, 0.25) is 11.5 Å². The molecule has 0 spiro atoms. The van der Waals surface area contributed by atoms with Crippen LogP contribution in [-0.4, -0.2) is 22.4 Å². The number of ether oxygens (including phenoxy) is 4. The first-order valence-corrected chi connectivity index (χ1v) is 12.1. The molecule has 0 atom stereocenters. The summed E-state index contributed by atoms with van der Waals surface area (Å²) in [6.45, 7) is 24.5. The van der Waals surface area contributed by atoms with Crippen molar-refractivity contribution in [1.82, 2.24) is 0 Å². The van der Waals surface area contributed by atoms with Crippen LogP contribution < -0.4 is 18.9 Å². The van der Waals surface area contributed by atoms with Crippen molar-refractivity contribution in [2.75, 3.05) is 0 Å². The van der Waals surface area contributed by atoms with Crippen LogP contribution in [-0.2, 0) is 0 Å². The van der Waals surface area contributed by atoms with Crippen LogP contribution in [0.15, 0.2) is 36.4 Å². The molecule has 3 aromatic carbocycles. The third-order valence-electron chi connectivity index (χ3n) is 4.63. The lowest BCUT2D eigenvalue weighted by molar-refractivity contribution is 0.0684. The van der Waals surface area contributed by atoms with Gasteiger partial charge < -0.3 is 18.9 Å². The zero-order valence-corrected chi connectivity index (χ0v) is 23.1. The Hall–Kier alpha value is -2.62. The minimum absolute atomic E-state index is 0.444. The average Bonchev–Trinajstić information content (AvgIpc) is 2.62. The maximum Gasteiger partial charge on any atom is 0.208 e. The summed E-state index contributed by atoms with van der Waals surface area (Å²) in [6, 6.07) is 12.7. The molecule has 0 saturated carbocycles. The van der Waals surface area contributed by atoms with E-state index in [1.807, 2.05) is 83.1 Å². The molecule has 0 radical (unpaired) electrons. The van der Waals surface area contributed by atoms with Crippen LogP contribution in [0, 0.1) is 0 Å². The first kappa shape index (κ1) is 26.0. The Morgan fingerprint density at radius 3 is 0.941 bits per heavy atom. The van der Waals surface area contributed by atoms with Crippen LogP contribution in [0.1, 0.15) is 83.1 Å². The molecule has 0 fully saturated rings. The van der Waals surface area contributed by atoms with Crippen LogP contribution >= 0.6 is 0 Å². The maximum atomic E-state index is 6.62. The van der Waals surface area contributed by atoms with Gasteiger partial charge in [-0.2, -0.15) is 0 Å². The third kappa shape index (κ3) is 6.49. The molecule has 186 valence electrons. The average molecular weight is 467 g/mol. The molecule has 0 aliphatic rings. The van der Waals surface area contributed by atoms with E-state index in [1.54, 1.807) is 0 Å². The van der Waals surface area contributed by atoms with Crippen LogP contribution in [0.25, 0.3) is 21.5 Å². The van der Waals surface area contributed by atoms with E-state index in [2.05, 4.69) is 36.4 Å². The molecule has 4 nitrogen and oxygen atoms in total. The SMILES string of the molecule is CC(C)(C)Oc1c(OC(C)(C)C)c(OC(C)(C)C)c2cc3ccccc3cc2c1OC(C)(C)C. The van der Waals surface area contributed by atoms with Gasteiger partial charge in [0.15, 0.2) is 11.5 Å². The van der Waals surface area contributed by atoms with E-state index in [4.69, 9.17) is 18.9 Å². The summed E-state index contributed by atoms with van der Waals surface area (Å²) in [7, 11) is 0. The molecule has 0 N–H and O–H groups in total. The fourth-order valence-electron chi connectivity index (χ4n) is 3.68. The number of hydrogen-bond donors (Lipinski definition) is 0.